The second kappa shape index (κ2) is 5.17. The lowest BCUT2D eigenvalue weighted by Crippen LogP contribution is -2.54. The van der Waals surface area contributed by atoms with Crippen LogP contribution in [-0.4, -0.2) is 42.2 Å². The van der Waals surface area contributed by atoms with E-state index in [1.165, 1.54) is 18.6 Å². The first-order valence-electron chi connectivity index (χ1n) is 6.39. The van der Waals surface area contributed by atoms with Gasteiger partial charge in [-0.05, 0) is 51.6 Å². The van der Waals surface area contributed by atoms with E-state index in [1.54, 1.807) is 0 Å². The SMILES string of the molecule is CN(C)C1(CNc2ccc(F)cc2C(=O)O)CCC1. The van der Waals surface area contributed by atoms with E-state index in [0.29, 0.717) is 12.2 Å². The second-order valence-electron chi connectivity index (χ2n) is 5.32. The van der Waals surface area contributed by atoms with E-state index in [0.717, 1.165) is 18.9 Å². The van der Waals surface area contributed by atoms with Gasteiger partial charge in [-0.15, -0.1) is 0 Å². The topological polar surface area (TPSA) is 52.6 Å². The Kier molecular flexibility index (Phi) is 3.75. The summed E-state index contributed by atoms with van der Waals surface area (Å²) in [6, 6.07) is 3.81. The molecule has 2 N–H and O–H groups in total. The summed E-state index contributed by atoms with van der Waals surface area (Å²) in [5.74, 6) is -1.65. The van der Waals surface area contributed by atoms with E-state index in [-0.39, 0.29) is 11.1 Å². The fraction of sp³-hybridized carbons (Fsp3) is 0.500. The number of anilines is 1. The van der Waals surface area contributed by atoms with Crippen molar-refractivity contribution in [2.75, 3.05) is 26.0 Å². The Hall–Kier alpha value is -1.62. The highest BCUT2D eigenvalue weighted by Gasteiger charge is 2.38. The zero-order valence-electron chi connectivity index (χ0n) is 11.2. The van der Waals surface area contributed by atoms with Crippen LogP contribution in [0.15, 0.2) is 18.2 Å². The molecule has 0 aromatic heterocycles. The number of hydrogen-bond acceptors (Lipinski definition) is 3. The van der Waals surface area contributed by atoms with Crippen molar-refractivity contribution in [3.05, 3.63) is 29.6 Å². The van der Waals surface area contributed by atoms with Gasteiger partial charge in [0, 0.05) is 17.8 Å². The van der Waals surface area contributed by atoms with Gasteiger partial charge in [-0.2, -0.15) is 0 Å². The minimum atomic E-state index is -1.12. The molecule has 0 radical (unpaired) electrons. The predicted molar refractivity (Wildman–Crippen MR) is 72.1 cm³/mol. The molecule has 1 fully saturated rings. The molecule has 0 atom stereocenters. The van der Waals surface area contributed by atoms with Crippen LogP contribution >= 0.6 is 0 Å². The highest BCUT2D eigenvalue weighted by Crippen LogP contribution is 2.36. The molecule has 5 heteroatoms. The number of halogens is 1. The number of nitrogens with one attached hydrogen (secondary N) is 1. The molecule has 4 nitrogen and oxygen atoms in total. The molecule has 1 aromatic carbocycles. The summed E-state index contributed by atoms with van der Waals surface area (Å²) in [5, 5.41) is 12.2. The smallest absolute Gasteiger partial charge is 0.337 e. The number of hydrogen-bond donors (Lipinski definition) is 2. The average molecular weight is 266 g/mol. The number of carboxylic acids is 1. The van der Waals surface area contributed by atoms with Crippen LogP contribution in [0.5, 0.6) is 0 Å². The minimum absolute atomic E-state index is 0.0202. The van der Waals surface area contributed by atoms with Crippen LogP contribution in [0.25, 0.3) is 0 Å². The highest BCUT2D eigenvalue weighted by molar-refractivity contribution is 5.94. The summed E-state index contributed by atoms with van der Waals surface area (Å²) in [5.41, 5.74) is 0.541. The molecule has 0 aliphatic heterocycles. The van der Waals surface area contributed by atoms with Gasteiger partial charge in [-0.3, -0.25) is 0 Å². The first-order chi connectivity index (χ1) is 8.94. The summed E-state index contributed by atoms with van der Waals surface area (Å²) in [6.45, 7) is 0.673. The van der Waals surface area contributed by atoms with Gasteiger partial charge in [-0.25, -0.2) is 9.18 Å². The molecule has 19 heavy (non-hydrogen) atoms. The lowest BCUT2D eigenvalue weighted by atomic mass is 9.75. The van der Waals surface area contributed by atoms with Gasteiger partial charge in [0.05, 0.1) is 5.56 Å². The summed E-state index contributed by atoms with van der Waals surface area (Å²) < 4.78 is 13.1. The fourth-order valence-corrected chi connectivity index (χ4v) is 2.47. The van der Waals surface area contributed by atoms with Gasteiger partial charge in [0.15, 0.2) is 0 Å². The third-order valence-electron chi connectivity index (χ3n) is 4.05. The number of benzene rings is 1. The van der Waals surface area contributed by atoms with Crippen molar-refractivity contribution in [1.29, 1.82) is 0 Å². The molecule has 0 spiro atoms. The molecule has 0 unspecified atom stereocenters. The Bertz CT molecular complexity index is 484. The lowest BCUT2D eigenvalue weighted by molar-refractivity contribution is 0.0693. The van der Waals surface area contributed by atoms with Gasteiger partial charge >= 0.3 is 5.97 Å². The van der Waals surface area contributed by atoms with Crippen LogP contribution in [0.4, 0.5) is 10.1 Å². The second-order valence-corrected chi connectivity index (χ2v) is 5.32. The third kappa shape index (κ3) is 2.71. The number of nitrogens with zero attached hydrogens (tertiary/aromatic N) is 1. The minimum Gasteiger partial charge on any atom is -0.478 e. The zero-order chi connectivity index (χ0) is 14.0. The number of carbonyl (C=O) groups is 1. The predicted octanol–water partition coefficient (Wildman–Crippen LogP) is 2.42. The van der Waals surface area contributed by atoms with E-state index in [9.17, 15) is 9.18 Å². The van der Waals surface area contributed by atoms with Crippen molar-refractivity contribution >= 4 is 11.7 Å². The molecule has 104 valence electrons. The number of carboxylic acid groups (broad SMARTS) is 1. The quantitative estimate of drug-likeness (QED) is 0.859. The highest BCUT2D eigenvalue weighted by atomic mass is 19.1. The zero-order valence-corrected chi connectivity index (χ0v) is 11.2. The van der Waals surface area contributed by atoms with Gasteiger partial charge in [-0.1, -0.05) is 0 Å². The monoisotopic (exact) mass is 266 g/mol. The largest absolute Gasteiger partial charge is 0.478 e. The van der Waals surface area contributed by atoms with Crippen molar-refractivity contribution in [2.24, 2.45) is 0 Å². The molecule has 1 saturated carbocycles. The molecule has 1 aliphatic carbocycles. The van der Waals surface area contributed by atoms with Gasteiger partial charge < -0.3 is 15.3 Å². The van der Waals surface area contributed by atoms with Crippen molar-refractivity contribution in [2.45, 2.75) is 24.8 Å². The summed E-state index contributed by atoms with van der Waals surface area (Å²) in [6.07, 6.45) is 3.38. The Morgan fingerprint density at radius 3 is 2.63 bits per heavy atom. The van der Waals surface area contributed by atoms with Crippen LogP contribution in [-0.2, 0) is 0 Å². The van der Waals surface area contributed by atoms with E-state index in [2.05, 4.69) is 10.2 Å². The van der Waals surface area contributed by atoms with Crippen molar-refractivity contribution < 1.29 is 14.3 Å². The summed E-state index contributed by atoms with van der Waals surface area (Å²) in [4.78, 5) is 13.3. The maximum absolute atomic E-state index is 13.1. The Labute approximate surface area is 112 Å². The normalized spacial score (nSPS) is 17.1. The lowest BCUT2D eigenvalue weighted by Gasteiger charge is -2.47. The molecule has 0 amide bonds. The molecular formula is C14H19FN2O2. The van der Waals surface area contributed by atoms with E-state index >= 15 is 0 Å². The molecular weight excluding hydrogens is 247 g/mol. The molecule has 0 bridgehead atoms. The molecule has 1 aromatic rings. The Morgan fingerprint density at radius 2 is 2.16 bits per heavy atom. The van der Waals surface area contributed by atoms with E-state index in [4.69, 9.17) is 5.11 Å². The van der Waals surface area contributed by atoms with Crippen molar-refractivity contribution in [3.63, 3.8) is 0 Å². The maximum atomic E-state index is 13.1. The molecule has 0 heterocycles. The molecule has 2 rings (SSSR count). The third-order valence-corrected chi connectivity index (χ3v) is 4.05. The average Bonchev–Trinajstić information content (AvgIpc) is 2.28. The number of rotatable bonds is 5. The first-order valence-corrected chi connectivity index (χ1v) is 6.39. The summed E-state index contributed by atoms with van der Waals surface area (Å²) in [7, 11) is 4.06. The van der Waals surface area contributed by atoms with Crippen LogP contribution < -0.4 is 5.32 Å². The van der Waals surface area contributed by atoms with Crippen molar-refractivity contribution in [1.82, 2.24) is 4.90 Å². The number of aromatic carboxylic acids is 1. The van der Waals surface area contributed by atoms with E-state index in [1.807, 2.05) is 14.1 Å². The van der Waals surface area contributed by atoms with Gasteiger partial charge in [0.25, 0.3) is 0 Å². The Morgan fingerprint density at radius 1 is 1.47 bits per heavy atom. The van der Waals surface area contributed by atoms with Gasteiger partial charge in [0.2, 0.25) is 0 Å². The Balaban J connectivity index is 2.13. The standard InChI is InChI=1S/C14H19FN2O2/c1-17(2)14(6-3-7-14)9-16-12-5-4-10(15)8-11(12)13(18)19/h4-5,8,16H,3,6-7,9H2,1-2H3,(H,18,19). The molecule has 1 aliphatic rings. The van der Waals surface area contributed by atoms with Gasteiger partial charge in [0.1, 0.15) is 5.82 Å². The van der Waals surface area contributed by atoms with Crippen LogP contribution in [0.1, 0.15) is 29.6 Å². The number of likely N-dealkylation sites (N-methyl/N-ethyl adjacent to an activating group) is 1. The van der Waals surface area contributed by atoms with Crippen molar-refractivity contribution in [3.8, 4) is 0 Å². The summed E-state index contributed by atoms with van der Waals surface area (Å²) >= 11 is 0. The maximum Gasteiger partial charge on any atom is 0.337 e. The van der Waals surface area contributed by atoms with Crippen LogP contribution in [0.3, 0.4) is 0 Å². The van der Waals surface area contributed by atoms with E-state index < -0.39 is 11.8 Å². The molecule has 0 saturated heterocycles. The van der Waals surface area contributed by atoms with Crippen LogP contribution in [0, 0.1) is 5.82 Å². The fourth-order valence-electron chi connectivity index (χ4n) is 2.47. The van der Waals surface area contributed by atoms with Crippen LogP contribution in [0.2, 0.25) is 0 Å². The first kappa shape index (κ1) is 13.8.